The molecule has 0 radical (unpaired) electrons. The molecule has 0 fully saturated rings. The van der Waals surface area contributed by atoms with Crippen molar-refractivity contribution in [3.63, 3.8) is 0 Å². The minimum Gasteiger partial charge on any atom is -0.467 e. The fourth-order valence-electron chi connectivity index (χ4n) is 2.13. The highest BCUT2D eigenvalue weighted by molar-refractivity contribution is 5.82. The maximum Gasteiger partial charge on any atom is 0.332 e. The van der Waals surface area contributed by atoms with E-state index >= 15 is 0 Å². The molecule has 0 heterocycles. The van der Waals surface area contributed by atoms with Gasteiger partial charge in [-0.1, -0.05) is 47.6 Å². The summed E-state index contributed by atoms with van der Waals surface area (Å²) in [4.78, 5) is 14.9. The van der Waals surface area contributed by atoms with Gasteiger partial charge in [-0.15, -0.1) is 0 Å². The lowest BCUT2D eigenvalue weighted by atomic mass is 10.1. The van der Waals surface area contributed by atoms with Gasteiger partial charge in [0.25, 0.3) is 0 Å². The maximum atomic E-state index is 12.1. The van der Waals surface area contributed by atoms with Crippen molar-refractivity contribution >= 4 is 17.3 Å². The Morgan fingerprint density at radius 1 is 1.23 bits per heavy atom. The number of azide groups is 1. The van der Waals surface area contributed by atoms with Gasteiger partial charge in [0.05, 0.1) is 7.11 Å². The fraction of sp³-hybridized carbons (Fsp3) is 0.188. The third-order valence-corrected chi connectivity index (χ3v) is 3.33. The normalized spacial score (nSPS) is 11.2. The van der Waals surface area contributed by atoms with Gasteiger partial charge in [-0.2, -0.15) is 0 Å². The molecule has 112 valence electrons. The monoisotopic (exact) mass is 296 g/mol. The molecule has 0 spiro atoms. The lowest BCUT2D eigenvalue weighted by Crippen LogP contribution is -2.22. The predicted octanol–water partition coefficient (Wildman–Crippen LogP) is 4.26. The van der Waals surface area contributed by atoms with E-state index in [0.29, 0.717) is 11.4 Å². The molecule has 22 heavy (non-hydrogen) atoms. The van der Waals surface area contributed by atoms with Gasteiger partial charge < -0.3 is 10.1 Å². The van der Waals surface area contributed by atoms with Crippen LogP contribution < -0.4 is 5.32 Å². The quantitative estimate of drug-likeness (QED) is 0.387. The number of carbonyl (C=O) groups excluding carboxylic acids is 1. The minimum absolute atomic E-state index is 0.389. The van der Waals surface area contributed by atoms with Crippen molar-refractivity contribution in [2.75, 3.05) is 12.4 Å². The Labute approximate surface area is 128 Å². The van der Waals surface area contributed by atoms with Gasteiger partial charge in [-0.3, -0.25) is 0 Å². The Hall–Kier alpha value is -2.98. The third kappa shape index (κ3) is 3.37. The van der Waals surface area contributed by atoms with E-state index < -0.39 is 6.04 Å². The zero-order chi connectivity index (χ0) is 15.9. The molecule has 6 nitrogen and oxygen atoms in total. The summed E-state index contributed by atoms with van der Waals surface area (Å²) in [6, 6.07) is 14.0. The van der Waals surface area contributed by atoms with Crippen molar-refractivity contribution in [3.05, 3.63) is 70.1 Å². The van der Waals surface area contributed by atoms with Gasteiger partial charge in [0, 0.05) is 16.3 Å². The van der Waals surface area contributed by atoms with E-state index in [1.54, 1.807) is 12.1 Å². The van der Waals surface area contributed by atoms with Crippen LogP contribution in [-0.2, 0) is 9.53 Å². The van der Waals surface area contributed by atoms with Gasteiger partial charge in [-0.25, -0.2) is 4.79 Å². The van der Waals surface area contributed by atoms with E-state index in [2.05, 4.69) is 15.3 Å². The van der Waals surface area contributed by atoms with Crippen molar-refractivity contribution in [3.8, 4) is 0 Å². The van der Waals surface area contributed by atoms with Gasteiger partial charge >= 0.3 is 5.97 Å². The summed E-state index contributed by atoms with van der Waals surface area (Å²) in [6.07, 6.45) is 0. The van der Waals surface area contributed by atoms with Crippen molar-refractivity contribution < 1.29 is 9.53 Å². The Morgan fingerprint density at radius 3 is 2.59 bits per heavy atom. The van der Waals surface area contributed by atoms with Crippen LogP contribution in [0.3, 0.4) is 0 Å². The highest BCUT2D eigenvalue weighted by Crippen LogP contribution is 2.29. The molecule has 0 aliphatic heterocycles. The number of anilines is 1. The Kier molecular flexibility index (Phi) is 5.01. The second kappa shape index (κ2) is 7.15. The lowest BCUT2D eigenvalue weighted by Gasteiger charge is -2.20. The summed E-state index contributed by atoms with van der Waals surface area (Å²) in [6.45, 7) is 1.83. The lowest BCUT2D eigenvalue weighted by molar-refractivity contribution is -0.141. The number of benzene rings is 2. The van der Waals surface area contributed by atoms with Crippen LogP contribution in [-0.4, -0.2) is 13.1 Å². The Balaban J connectivity index is 2.38. The van der Waals surface area contributed by atoms with Crippen LogP contribution in [0.15, 0.2) is 53.6 Å². The zero-order valence-electron chi connectivity index (χ0n) is 12.4. The summed E-state index contributed by atoms with van der Waals surface area (Å²) >= 11 is 0. The molecule has 1 N–H and O–H groups in total. The molecule has 0 aromatic heterocycles. The van der Waals surface area contributed by atoms with Gasteiger partial charge in [0.15, 0.2) is 6.04 Å². The van der Waals surface area contributed by atoms with Crippen LogP contribution in [0.2, 0.25) is 0 Å². The minimum atomic E-state index is -0.633. The molecule has 0 aliphatic rings. The number of nitrogens with one attached hydrogen (secondary N) is 1. The van der Waals surface area contributed by atoms with Crippen molar-refractivity contribution in [1.82, 2.24) is 0 Å². The van der Waals surface area contributed by atoms with E-state index in [4.69, 9.17) is 10.3 Å². The highest BCUT2D eigenvalue weighted by Gasteiger charge is 2.21. The molecule has 1 unspecified atom stereocenters. The largest absolute Gasteiger partial charge is 0.467 e. The third-order valence-electron chi connectivity index (χ3n) is 3.33. The average Bonchev–Trinajstić information content (AvgIpc) is 2.56. The summed E-state index contributed by atoms with van der Waals surface area (Å²) in [5, 5.41) is 6.79. The predicted molar refractivity (Wildman–Crippen MR) is 84.8 cm³/mol. The summed E-state index contributed by atoms with van der Waals surface area (Å²) < 4.78 is 4.87. The van der Waals surface area contributed by atoms with Gasteiger partial charge in [0.2, 0.25) is 0 Å². The summed E-state index contributed by atoms with van der Waals surface area (Å²) in [5.41, 5.74) is 11.4. The second-order valence-electron chi connectivity index (χ2n) is 4.65. The van der Waals surface area contributed by atoms with Crippen LogP contribution in [0.25, 0.3) is 10.4 Å². The molecular weight excluding hydrogens is 280 g/mol. The molecular formula is C16H16N4O2. The molecule has 2 aromatic rings. The van der Waals surface area contributed by atoms with E-state index in [9.17, 15) is 4.79 Å². The Morgan fingerprint density at radius 2 is 1.95 bits per heavy atom. The van der Waals surface area contributed by atoms with Crippen LogP contribution >= 0.6 is 0 Å². The van der Waals surface area contributed by atoms with E-state index in [0.717, 1.165) is 11.1 Å². The average molecular weight is 296 g/mol. The molecule has 2 aromatic carbocycles. The van der Waals surface area contributed by atoms with E-state index in [-0.39, 0.29) is 5.97 Å². The topological polar surface area (TPSA) is 87.1 Å². The molecule has 1 atom stereocenters. The first-order valence-electron chi connectivity index (χ1n) is 6.71. The maximum absolute atomic E-state index is 12.1. The smallest absolute Gasteiger partial charge is 0.332 e. The summed E-state index contributed by atoms with van der Waals surface area (Å²) in [5.74, 6) is -0.389. The SMILES string of the molecule is COC(=O)C(Nc1cccc(N=[N+]=[N-])c1C)c1ccccc1. The molecule has 6 heteroatoms. The number of hydrogen-bond donors (Lipinski definition) is 1. The first-order valence-corrected chi connectivity index (χ1v) is 6.71. The van der Waals surface area contributed by atoms with Gasteiger partial charge in [0.1, 0.15) is 0 Å². The number of carbonyl (C=O) groups is 1. The number of hydrogen-bond acceptors (Lipinski definition) is 4. The number of methoxy groups -OCH3 is 1. The van der Waals surface area contributed by atoms with Crippen molar-refractivity contribution in [2.45, 2.75) is 13.0 Å². The molecule has 2 rings (SSSR count). The second-order valence-corrected chi connectivity index (χ2v) is 4.65. The number of rotatable bonds is 5. The number of nitrogens with zero attached hydrogens (tertiary/aromatic N) is 3. The number of esters is 1. The first kappa shape index (κ1) is 15.4. The first-order chi connectivity index (χ1) is 10.7. The van der Waals surface area contributed by atoms with Crippen LogP contribution in [0, 0.1) is 6.92 Å². The standard InChI is InChI=1S/C16H16N4O2/c1-11-13(9-6-10-14(11)19-20-17)18-15(16(21)22-2)12-7-4-3-5-8-12/h3-10,15,18H,1-2H3. The Bertz CT molecular complexity index is 709. The summed E-state index contributed by atoms with van der Waals surface area (Å²) in [7, 11) is 1.35. The van der Waals surface area contributed by atoms with Crippen LogP contribution in [0.1, 0.15) is 17.2 Å². The van der Waals surface area contributed by atoms with Crippen LogP contribution in [0.4, 0.5) is 11.4 Å². The fourth-order valence-corrected chi connectivity index (χ4v) is 2.13. The molecule has 0 saturated heterocycles. The molecule has 0 saturated carbocycles. The highest BCUT2D eigenvalue weighted by atomic mass is 16.5. The zero-order valence-corrected chi connectivity index (χ0v) is 12.4. The van der Waals surface area contributed by atoms with E-state index in [1.165, 1.54) is 7.11 Å². The number of ether oxygens (including phenoxy) is 1. The molecule has 0 amide bonds. The van der Waals surface area contributed by atoms with Crippen LogP contribution in [0.5, 0.6) is 0 Å². The molecule has 0 bridgehead atoms. The molecule has 0 aliphatic carbocycles. The van der Waals surface area contributed by atoms with Crippen molar-refractivity contribution in [2.24, 2.45) is 5.11 Å². The van der Waals surface area contributed by atoms with E-state index in [1.807, 2.05) is 43.3 Å². The van der Waals surface area contributed by atoms with Crippen molar-refractivity contribution in [1.29, 1.82) is 0 Å². The van der Waals surface area contributed by atoms with Gasteiger partial charge in [-0.05, 0) is 29.6 Å².